The zero-order chi connectivity index (χ0) is 13.0. The van der Waals surface area contributed by atoms with Crippen molar-refractivity contribution in [3.63, 3.8) is 0 Å². The average Bonchev–Trinajstić information content (AvgIpc) is 3.16. The van der Waals surface area contributed by atoms with Crippen molar-refractivity contribution in [2.75, 3.05) is 13.1 Å². The van der Waals surface area contributed by atoms with Crippen LogP contribution in [0.2, 0.25) is 0 Å². The second-order valence-corrected chi connectivity index (χ2v) is 7.88. The second-order valence-electron chi connectivity index (χ2n) is 7.88. The summed E-state index contributed by atoms with van der Waals surface area (Å²) < 4.78 is 0. The minimum absolute atomic E-state index is 0.265. The number of carbonyl (C=O) groups is 1. The summed E-state index contributed by atoms with van der Waals surface area (Å²) in [5.74, 6) is 3.99. The molecule has 0 heterocycles. The van der Waals surface area contributed by atoms with E-state index in [0.717, 1.165) is 24.9 Å². The lowest BCUT2D eigenvalue weighted by molar-refractivity contribution is -0.138. The molecule has 0 radical (unpaired) electrons. The fourth-order valence-corrected chi connectivity index (χ4v) is 5.38. The van der Waals surface area contributed by atoms with Crippen molar-refractivity contribution in [2.45, 2.75) is 44.9 Å². The number of nitrogens with one attached hydrogen (secondary N) is 1. The molecule has 4 bridgehead atoms. The molecule has 5 rings (SSSR count). The van der Waals surface area contributed by atoms with Crippen molar-refractivity contribution in [3.8, 4) is 0 Å². The Morgan fingerprint density at radius 3 is 2.11 bits per heavy atom. The maximum atomic E-state index is 12.6. The van der Waals surface area contributed by atoms with E-state index in [1.807, 2.05) is 0 Å². The van der Waals surface area contributed by atoms with Crippen molar-refractivity contribution in [3.05, 3.63) is 0 Å². The van der Waals surface area contributed by atoms with Gasteiger partial charge in [0, 0.05) is 12.5 Å². The molecule has 3 N–H and O–H groups in total. The lowest BCUT2D eigenvalue weighted by Crippen LogP contribution is -2.51. The fourth-order valence-electron chi connectivity index (χ4n) is 5.38. The smallest absolute Gasteiger partial charge is 0.223 e. The molecule has 0 aromatic heterocycles. The number of carbonyl (C=O) groups excluding carboxylic acids is 1. The van der Waals surface area contributed by atoms with Crippen molar-refractivity contribution in [1.82, 2.24) is 5.32 Å². The van der Waals surface area contributed by atoms with Gasteiger partial charge in [0.05, 0.1) is 0 Å². The maximum absolute atomic E-state index is 12.6. The van der Waals surface area contributed by atoms with Gasteiger partial charge in [0.25, 0.3) is 0 Å². The van der Waals surface area contributed by atoms with Gasteiger partial charge in [-0.15, -0.1) is 0 Å². The van der Waals surface area contributed by atoms with E-state index in [2.05, 4.69) is 5.32 Å². The Kier molecular flexibility index (Phi) is 2.70. The molecule has 5 aliphatic carbocycles. The number of rotatable bonds is 4. The van der Waals surface area contributed by atoms with Gasteiger partial charge < -0.3 is 11.1 Å². The first-order valence-corrected chi connectivity index (χ1v) is 8.17. The summed E-state index contributed by atoms with van der Waals surface area (Å²) in [7, 11) is 0. The van der Waals surface area contributed by atoms with Crippen LogP contribution in [0.3, 0.4) is 0 Å². The first kappa shape index (κ1) is 12.2. The quantitative estimate of drug-likeness (QED) is 0.813. The molecular weight excluding hydrogens is 236 g/mol. The van der Waals surface area contributed by atoms with E-state index in [1.54, 1.807) is 0 Å². The molecule has 3 nitrogen and oxygen atoms in total. The molecule has 5 fully saturated rings. The van der Waals surface area contributed by atoms with E-state index in [-0.39, 0.29) is 5.41 Å². The van der Waals surface area contributed by atoms with Crippen molar-refractivity contribution in [2.24, 2.45) is 40.7 Å². The number of hydrogen-bond donors (Lipinski definition) is 2. The molecule has 5 saturated carbocycles. The van der Waals surface area contributed by atoms with Crippen LogP contribution in [-0.4, -0.2) is 19.0 Å². The fraction of sp³-hybridized carbons (Fsp3) is 0.938. The van der Waals surface area contributed by atoms with Crippen LogP contribution >= 0.6 is 0 Å². The lowest BCUT2D eigenvalue weighted by Gasteiger charge is -2.53. The Labute approximate surface area is 115 Å². The molecule has 0 aromatic carbocycles. The normalized spacial score (nSPS) is 45.2. The third-order valence-corrected chi connectivity index (χ3v) is 6.56. The zero-order valence-electron chi connectivity index (χ0n) is 11.7. The monoisotopic (exact) mass is 262 g/mol. The highest BCUT2D eigenvalue weighted by atomic mass is 16.1. The summed E-state index contributed by atoms with van der Waals surface area (Å²) in [6.07, 6.45) is 9.16. The number of hydrogen-bond acceptors (Lipinski definition) is 2. The van der Waals surface area contributed by atoms with Crippen LogP contribution in [0, 0.1) is 35.0 Å². The first-order valence-electron chi connectivity index (χ1n) is 8.17. The lowest BCUT2D eigenvalue weighted by atomic mass is 9.51. The van der Waals surface area contributed by atoms with E-state index in [0.29, 0.717) is 23.7 Å². The highest BCUT2D eigenvalue weighted by Gasteiger charge is 2.51. The van der Waals surface area contributed by atoms with Gasteiger partial charge in [-0.05, 0) is 80.6 Å². The van der Waals surface area contributed by atoms with Gasteiger partial charge in [-0.3, -0.25) is 4.79 Å². The predicted octanol–water partition coefficient (Wildman–Crippen LogP) is 1.91. The summed E-state index contributed by atoms with van der Waals surface area (Å²) in [6.45, 7) is 1.56. The van der Waals surface area contributed by atoms with E-state index >= 15 is 0 Å². The Hall–Kier alpha value is -0.570. The van der Waals surface area contributed by atoms with Gasteiger partial charge in [0.15, 0.2) is 0 Å². The van der Waals surface area contributed by atoms with E-state index in [4.69, 9.17) is 5.73 Å². The van der Waals surface area contributed by atoms with Crippen LogP contribution in [0.5, 0.6) is 0 Å². The van der Waals surface area contributed by atoms with E-state index < -0.39 is 0 Å². The summed E-state index contributed by atoms with van der Waals surface area (Å²) in [5.41, 5.74) is 6.06. The SMILES string of the molecule is NCC1(CNC(=O)C2C3CC4CC(C3)CC2C4)CC1. The molecule has 0 unspecified atom stereocenters. The molecule has 106 valence electrons. The van der Waals surface area contributed by atoms with Gasteiger partial charge in [0.1, 0.15) is 0 Å². The maximum Gasteiger partial charge on any atom is 0.223 e. The minimum Gasteiger partial charge on any atom is -0.355 e. The highest BCUT2D eigenvalue weighted by Crippen LogP contribution is 2.56. The molecule has 0 aromatic rings. The molecule has 0 aliphatic heterocycles. The average molecular weight is 262 g/mol. The standard InChI is InChI=1S/C16H26N2O/c17-8-16(1-2-16)9-18-15(19)14-12-4-10-3-11(6-12)7-13(14)5-10/h10-14H,1-9,17H2,(H,18,19). The predicted molar refractivity (Wildman–Crippen MR) is 74.3 cm³/mol. The Bertz CT molecular complexity index is 360. The zero-order valence-corrected chi connectivity index (χ0v) is 11.7. The van der Waals surface area contributed by atoms with Crippen LogP contribution in [0.15, 0.2) is 0 Å². The molecule has 0 saturated heterocycles. The van der Waals surface area contributed by atoms with Crippen molar-refractivity contribution >= 4 is 5.91 Å². The van der Waals surface area contributed by atoms with Gasteiger partial charge in [-0.2, -0.15) is 0 Å². The van der Waals surface area contributed by atoms with Gasteiger partial charge in [-0.1, -0.05) is 0 Å². The largest absolute Gasteiger partial charge is 0.355 e. The van der Waals surface area contributed by atoms with Crippen LogP contribution in [-0.2, 0) is 4.79 Å². The molecule has 0 atom stereocenters. The van der Waals surface area contributed by atoms with E-state index in [9.17, 15) is 4.79 Å². The third-order valence-electron chi connectivity index (χ3n) is 6.56. The highest BCUT2D eigenvalue weighted by molar-refractivity contribution is 5.79. The van der Waals surface area contributed by atoms with Gasteiger partial charge in [-0.25, -0.2) is 0 Å². The molecule has 5 aliphatic rings. The topological polar surface area (TPSA) is 55.1 Å². The summed E-state index contributed by atoms with van der Waals surface area (Å²) >= 11 is 0. The first-order chi connectivity index (χ1) is 9.19. The summed E-state index contributed by atoms with van der Waals surface area (Å²) in [5, 5.41) is 3.25. The number of amides is 1. The third kappa shape index (κ3) is 2.01. The Morgan fingerprint density at radius 2 is 1.63 bits per heavy atom. The van der Waals surface area contributed by atoms with Gasteiger partial charge >= 0.3 is 0 Å². The number of nitrogens with two attached hydrogens (primary N) is 1. The minimum atomic E-state index is 0.265. The van der Waals surface area contributed by atoms with Gasteiger partial charge in [0.2, 0.25) is 5.91 Å². The molecule has 19 heavy (non-hydrogen) atoms. The Balaban J connectivity index is 1.40. The molecule has 3 heteroatoms. The van der Waals surface area contributed by atoms with Crippen LogP contribution in [0.4, 0.5) is 0 Å². The van der Waals surface area contributed by atoms with Crippen LogP contribution in [0.1, 0.15) is 44.9 Å². The summed E-state index contributed by atoms with van der Waals surface area (Å²) in [4.78, 5) is 12.6. The molecular formula is C16H26N2O. The van der Waals surface area contributed by atoms with E-state index in [1.165, 1.54) is 44.9 Å². The molecule has 0 spiro atoms. The van der Waals surface area contributed by atoms with Crippen molar-refractivity contribution < 1.29 is 4.79 Å². The molecule has 1 amide bonds. The van der Waals surface area contributed by atoms with Crippen LogP contribution in [0.25, 0.3) is 0 Å². The van der Waals surface area contributed by atoms with Crippen LogP contribution < -0.4 is 11.1 Å². The second kappa shape index (κ2) is 4.21. The summed E-state index contributed by atoms with van der Waals surface area (Å²) in [6, 6.07) is 0. The van der Waals surface area contributed by atoms with Crippen molar-refractivity contribution in [1.29, 1.82) is 0 Å². The Morgan fingerprint density at radius 1 is 1.05 bits per heavy atom.